The first-order valence-electron chi connectivity index (χ1n) is 6.31. The highest BCUT2D eigenvalue weighted by atomic mass is 19.1. The lowest BCUT2D eigenvalue weighted by atomic mass is 9.97. The molecule has 1 aromatic carbocycles. The molecule has 2 rings (SSSR count). The minimum absolute atomic E-state index is 0.168. The fraction of sp³-hybridized carbons (Fsp3) is 0.250. The van der Waals surface area contributed by atoms with Gasteiger partial charge in [-0.25, -0.2) is 14.4 Å². The molecule has 0 radical (unpaired) electrons. The van der Waals surface area contributed by atoms with E-state index in [1.807, 2.05) is 13.0 Å². The van der Waals surface area contributed by atoms with Gasteiger partial charge in [0.05, 0.1) is 5.69 Å². The Bertz CT molecular complexity index is 646. The van der Waals surface area contributed by atoms with Gasteiger partial charge in [-0.1, -0.05) is 31.0 Å². The van der Waals surface area contributed by atoms with E-state index in [-0.39, 0.29) is 18.3 Å². The van der Waals surface area contributed by atoms with Crippen LogP contribution >= 0.6 is 0 Å². The van der Waals surface area contributed by atoms with E-state index in [0.717, 1.165) is 0 Å². The molecule has 0 bridgehead atoms. The summed E-state index contributed by atoms with van der Waals surface area (Å²) in [6.07, 6.45) is 1.42. The molecule has 4 heteroatoms. The van der Waals surface area contributed by atoms with Crippen LogP contribution in [0.1, 0.15) is 31.0 Å². The Kier molecular flexibility index (Phi) is 4.67. The minimum Gasteiger partial charge on any atom is -0.464 e. The normalized spacial score (nSPS) is 11.3. The zero-order chi connectivity index (χ0) is 14.4. The number of halogens is 1. The number of rotatable bonds is 4. The lowest BCUT2D eigenvalue weighted by Crippen LogP contribution is -2.04. The summed E-state index contributed by atoms with van der Waals surface area (Å²) in [7, 11) is 0. The molecular weight excluding hydrogens is 255 g/mol. The standard InChI is InChI=1S/C16H15FN2O/c1-3-4-9-20-16-10-15(18-11-19-16)12(2)13-7-5-6-8-14(13)17/h5-8,10-12H,9H2,1-2H3. The molecule has 0 saturated heterocycles. The van der Waals surface area contributed by atoms with Crippen molar-refractivity contribution in [1.82, 2.24) is 9.97 Å². The molecule has 0 aliphatic carbocycles. The summed E-state index contributed by atoms with van der Waals surface area (Å²) in [5, 5.41) is 0. The Labute approximate surface area is 117 Å². The molecule has 20 heavy (non-hydrogen) atoms. The largest absolute Gasteiger partial charge is 0.464 e. The molecule has 1 aromatic heterocycles. The Morgan fingerprint density at radius 1 is 1.30 bits per heavy atom. The molecular formula is C16H15FN2O. The predicted molar refractivity (Wildman–Crippen MR) is 74.9 cm³/mol. The van der Waals surface area contributed by atoms with Crippen molar-refractivity contribution >= 4 is 0 Å². The van der Waals surface area contributed by atoms with Crippen molar-refractivity contribution in [3.05, 3.63) is 53.7 Å². The SMILES string of the molecule is CC#CCOc1cc(C(C)c2ccccc2F)ncn1. The van der Waals surface area contributed by atoms with E-state index in [4.69, 9.17) is 4.74 Å². The van der Waals surface area contributed by atoms with Crippen molar-refractivity contribution in [3.63, 3.8) is 0 Å². The lowest BCUT2D eigenvalue weighted by molar-refractivity contribution is 0.353. The maximum absolute atomic E-state index is 13.8. The molecule has 1 unspecified atom stereocenters. The van der Waals surface area contributed by atoms with Gasteiger partial charge in [0.2, 0.25) is 5.88 Å². The van der Waals surface area contributed by atoms with Crippen LogP contribution in [0.2, 0.25) is 0 Å². The van der Waals surface area contributed by atoms with Gasteiger partial charge in [-0.2, -0.15) is 0 Å². The van der Waals surface area contributed by atoms with Crippen LogP contribution in [0.25, 0.3) is 0 Å². The maximum Gasteiger partial charge on any atom is 0.217 e. The second kappa shape index (κ2) is 6.67. The van der Waals surface area contributed by atoms with Gasteiger partial charge in [0, 0.05) is 12.0 Å². The third-order valence-electron chi connectivity index (χ3n) is 2.95. The monoisotopic (exact) mass is 270 g/mol. The van der Waals surface area contributed by atoms with Crippen LogP contribution in [-0.4, -0.2) is 16.6 Å². The number of nitrogens with zero attached hydrogens (tertiary/aromatic N) is 2. The topological polar surface area (TPSA) is 35.0 Å². The number of hydrogen-bond donors (Lipinski definition) is 0. The third kappa shape index (κ3) is 3.33. The molecule has 0 spiro atoms. The molecule has 1 atom stereocenters. The lowest BCUT2D eigenvalue weighted by Gasteiger charge is -2.12. The molecule has 0 amide bonds. The van der Waals surface area contributed by atoms with Crippen molar-refractivity contribution in [1.29, 1.82) is 0 Å². The van der Waals surface area contributed by atoms with Gasteiger partial charge in [0.1, 0.15) is 12.1 Å². The highest BCUT2D eigenvalue weighted by Gasteiger charge is 2.14. The van der Waals surface area contributed by atoms with Gasteiger partial charge in [-0.05, 0) is 18.6 Å². The number of hydrogen-bond acceptors (Lipinski definition) is 3. The van der Waals surface area contributed by atoms with Crippen molar-refractivity contribution in [2.24, 2.45) is 0 Å². The van der Waals surface area contributed by atoms with Crippen LogP contribution in [0.4, 0.5) is 4.39 Å². The van der Waals surface area contributed by atoms with Crippen molar-refractivity contribution in [3.8, 4) is 17.7 Å². The Morgan fingerprint density at radius 3 is 2.85 bits per heavy atom. The molecule has 0 fully saturated rings. The number of ether oxygens (including phenoxy) is 1. The zero-order valence-corrected chi connectivity index (χ0v) is 11.4. The Hall–Kier alpha value is -2.41. The third-order valence-corrected chi connectivity index (χ3v) is 2.95. The highest BCUT2D eigenvalue weighted by Crippen LogP contribution is 2.25. The van der Waals surface area contributed by atoms with Crippen molar-refractivity contribution < 1.29 is 9.13 Å². The quantitative estimate of drug-likeness (QED) is 0.800. The second-order valence-electron chi connectivity index (χ2n) is 4.24. The smallest absolute Gasteiger partial charge is 0.217 e. The summed E-state index contributed by atoms with van der Waals surface area (Å²) in [4.78, 5) is 8.21. The summed E-state index contributed by atoms with van der Waals surface area (Å²) in [6.45, 7) is 3.92. The average Bonchev–Trinajstić information content (AvgIpc) is 2.48. The summed E-state index contributed by atoms with van der Waals surface area (Å²) in [5.74, 6) is 5.57. The molecule has 0 saturated carbocycles. The van der Waals surface area contributed by atoms with E-state index in [1.54, 1.807) is 25.1 Å². The van der Waals surface area contributed by atoms with Gasteiger partial charge in [-0.15, -0.1) is 5.92 Å². The summed E-state index contributed by atoms with van der Waals surface area (Å²) < 4.78 is 19.2. The van der Waals surface area contributed by atoms with Crippen LogP contribution in [0, 0.1) is 17.7 Å². The van der Waals surface area contributed by atoms with Crippen LogP contribution in [-0.2, 0) is 0 Å². The van der Waals surface area contributed by atoms with Gasteiger partial charge in [0.25, 0.3) is 0 Å². The van der Waals surface area contributed by atoms with Gasteiger partial charge >= 0.3 is 0 Å². The van der Waals surface area contributed by atoms with E-state index >= 15 is 0 Å². The first-order chi connectivity index (χ1) is 9.72. The van der Waals surface area contributed by atoms with E-state index in [0.29, 0.717) is 17.1 Å². The molecule has 2 aromatic rings. The van der Waals surface area contributed by atoms with Crippen molar-refractivity contribution in [2.75, 3.05) is 6.61 Å². The average molecular weight is 270 g/mol. The fourth-order valence-corrected chi connectivity index (χ4v) is 1.84. The van der Waals surface area contributed by atoms with Crippen LogP contribution < -0.4 is 4.74 Å². The maximum atomic E-state index is 13.8. The van der Waals surface area contributed by atoms with Crippen LogP contribution in [0.5, 0.6) is 5.88 Å². The summed E-state index contributed by atoms with van der Waals surface area (Å²) in [6, 6.07) is 8.40. The predicted octanol–water partition coefficient (Wildman–Crippen LogP) is 3.17. The number of aromatic nitrogens is 2. The molecule has 0 aliphatic heterocycles. The first-order valence-corrected chi connectivity index (χ1v) is 6.31. The summed E-state index contributed by atoms with van der Waals surface area (Å²) in [5.41, 5.74) is 1.31. The molecule has 1 heterocycles. The summed E-state index contributed by atoms with van der Waals surface area (Å²) >= 11 is 0. The van der Waals surface area contributed by atoms with E-state index < -0.39 is 0 Å². The van der Waals surface area contributed by atoms with E-state index in [1.165, 1.54) is 12.4 Å². The van der Waals surface area contributed by atoms with E-state index in [2.05, 4.69) is 21.8 Å². The number of benzene rings is 1. The Morgan fingerprint density at radius 2 is 2.10 bits per heavy atom. The van der Waals surface area contributed by atoms with Crippen LogP contribution in [0.3, 0.4) is 0 Å². The highest BCUT2D eigenvalue weighted by molar-refractivity contribution is 5.30. The molecule has 102 valence electrons. The van der Waals surface area contributed by atoms with Crippen LogP contribution in [0.15, 0.2) is 36.7 Å². The molecule has 3 nitrogen and oxygen atoms in total. The Balaban J connectivity index is 2.21. The van der Waals surface area contributed by atoms with Gasteiger partial charge in [-0.3, -0.25) is 0 Å². The zero-order valence-electron chi connectivity index (χ0n) is 11.4. The molecule has 0 aliphatic rings. The second-order valence-corrected chi connectivity index (χ2v) is 4.24. The minimum atomic E-state index is -0.238. The molecule has 0 N–H and O–H groups in total. The van der Waals surface area contributed by atoms with Gasteiger partial charge in [0.15, 0.2) is 6.61 Å². The first kappa shape index (κ1) is 14.0. The van der Waals surface area contributed by atoms with Crippen molar-refractivity contribution in [2.45, 2.75) is 19.8 Å². The fourth-order valence-electron chi connectivity index (χ4n) is 1.84. The van der Waals surface area contributed by atoms with Gasteiger partial charge < -0.3 is 4.74 Å². The van der Waals surface area contributed by atoms with E-state index in [9.17, 15) is 4.39 Å².